The summed E-state index contributed by atoms with van der Waals surface area (Å²) in [6.45, 7) is 5.21. The second-order valence-corrected chi connectivity index (χ2v) is 9.28. The van der Waals surface area contributed by atoms with E-state index in [2.05, 4.69) is 6.92 Å². The predicted molar refractivity (Wildman–Crippen MR) is 97.3 cm³/mol. The average Bonchev–Trinajstić information content (AvgIpc) is 2.87. The second-order valence-electron chi connectivity index (χ2n) is 9.28. The SMILES string of the molecule is CC(=O)O[C@]1(C(C)=O)CC[C@@H]2[C@@H]3CCC4=CC(=O)CC[C@@H]4[C@H]3CC[C@@]21C. The van der Waals surface area contributed by atoms with Gasteiger partial charge in [-0.15, -0.1) is 0 Å². The highest BCUT2D eigenvalue weighted by atomic mass is 16.6. The van der Waals surface area contributed by atoms with Gasteiger partial charge >= 0.3 is 5.97 Å². The lowest BCUT2D eigenvalue weighted by Crippen LogP contribution is -2.57. The first kappa shape index (κ1) is 17.9. The normalized spacial score (nSPS) is 44.4. The number of esters is 1. The molecule has 3 saturated carbocycles. The van der Waals surface area contributed by atoms with E-state index >= 15 is 0 Å². The van der Waals surface area contributed by atoms with Crippen LogP contribution in [0.4, 0.5) is 0 Å². The minimum atomic E-state index is -0.937. The predicted octanol–water partition coefficient (Wildman–Crippen LogP) is 4.02. The van der Waals surface area contributed by atoms with Gasteiger partial charge in [0, 0.05) is 18.8 Å². The monoisotopic (exact) mass is 358 g/mol. The summed E-state index contributed by atoms with van der Waals surface area (Å²) >= 11 is 0. The number of Topliss-reactive ketones (excluding diaryl/α,β-unsaturated/α-hetero) is 1. The molecule has 0 amide bonds. The van der Waals surface area contributed by atoms with Crippen LogP contribution in [-0.2, 0) is 19.1 Å². The highest BCUT2D eigenvalue weighted by Crippen LogP contribution is 2.66. The van der Waals surface area contributed by atoms with Crippen LogP contribution >= 0.6 is 0 Å². The molecule has 4 aliphatic rings. The molecule has 0 heterocycles. The van der Waals surface area contributed by atoms with Crippen LogP contribution in [0.2, 0.25) is 0 Å². The Bertz CT molecular complexity index is 692. The summed E-state index contributed by atoms with van der Waals surface area (Å²) in [5.74, 6) is 2.16. The van der Waals surface area contributed by atoms with Crippen molar-refractivity contribution in [2.24, 2.45) is 29.1 Å². The molecule has 0 aromatic heterocycles. The first-order chi connectivity index (χ1) is 12.3. The molecule has 0 aromatic rings. The quantitative estimate of drug-likeness (QED) is 0.700. The van der Waals surface area contributed by atoms with Gasteiger partial charge < -0.3 is 4.74 Å². The van der Waals surface area contributed by atoms with E-state index in [1.807, 2.05) is 6.08 Å². The van der Waals surface area contributed by atoms with E-state index in [4.69, 9.17) is 4.74 Å². The molecule has 0 spiro atoms. The van der Waals surface area contributed by atoms with Crippen LogP contribution in [-0.4, -0.2) is 23.1 Å². The molecule has 4 heteroatoms. The van der Waals surface area contributed by atoms with Gasteiger partial charge in [0.25, 0.3) is 0 Å². The van der Waals surface area contributed by atoms with Crippen molar-refractivity contribution in [1.82, 2.24) is 0 Å². The maximum atomic E-state index is 12.7. The molecule has 0 aromatic carbocycles. The van der Waals surface area contributed by atoms with Crippen molar-refractivity contribution in [3.63, 3.8) is 0 Å². The van der Waals surface area contributed by atoms with Gasteiger partial charge in [-0.1, -0.05) is 12.5 Å². The zero-order valence-corrected chi connectivity index (χ0v) is 16.2. The fourth-order valence-electron chi connectivity index (χ4n) is 7.24. The fraction of sp³-hybridized carbons (Fsp3) is 0.773. The Morgan fingerprint density at radius 1 is 1.04 bits per heavy atom. The zero-order chi connectivity index (χ0) is 18.7. The minimum Gasteiger partial charge on any atom is -0.451 e. The molecule has 6 atom stereocenters. The molecule has 0 N–H and O–H groups in total. The highest BCUT2D eigenvalue weighted by molar-refractivity contribution is 5.91. The number of carbonyl (C=O) groups excluding carboxylic acids is 3. The third-order valence-electron chi connectivity index (χ3n) is 8.31. The summed E-state index contributed by atoms with van der Waals surface area (Å²) in [4.78, 5) is 36.3. The van der Waals surface area contributed by atoms with E-state index in [1.165, 1.54) is 12.5 Å². The fourth-order valence-corrected chi connectivity index (χ4v) is 7.24. The lowest BCUT2D eigenvalue weighted by atomic mass is 9.50. The molecule has 3 fully saturated rings. The first-order valence-electron chi connectivity index (χ1n) is 10.2. The van der Waals surface area contributed by atoms with Crippen LogP contribution in [0.5, 0.6) is 0 Å². The Morgan fingerprint density at radius 2 is 1.81 bits per heavy atom. The van der Waals surface area contributed by atoms with Crippen molar-refractivity contribution in [3.8, 4) is 0 Å². The number of ketones is 2. The lowest BCUT2D eigenvalue weighted by Gasteiger charge is -2.55. The van der Waals surface area contributed by atoms with Crippen LogP contribution in [0.25, 0.3) is 0 Å². The summed E-state index contributed by atoms with van der Waals surface area (Å²) in [6, 6.07) is 0. The molecule has 4 aliphatic carbocycles. The van der Waals surface area contributed by atoms with Crippen molar-refractivity contribution in [1.29, 1.82) is 0 Å². The average molecular weight is 358 g/mol. The third-order valence-corrected chi connectivity index (χ3v) is 8.31. The van der Waals surface area contributed by atoms with E-state index in [-0.39, 0.29) is 17.2 Å². The summed E-state index contributed by atoms with van der Waals surface area (Å²) in [7, 11) is 0. The molecule has 0 unspecified atom stereocenters. The number of hydrogen-bond acceptors (Lipinski definition) is 4. The van der Waals surface area contributed by atoms with Crippen LogP contribution in [0.15, 0.2) is 11.6 Å². The summed E-state index contributed by atoms with van der Waals surface area (Å²) in [5.41, 5.74) is 0.187. The lowest BCUT2D eigenvalue weighted by molar-refractivity contribution is -0.185. The van der Waals surface area contributed by atoms with Gasteiger partial charge in [-0.05, 0) is 81.6 Å². The maximum Gasteiger partial charge on any atom is 0.303 e. The molecule has 4 nitrogen and oxygen atoms in total. The van der Waals surface area contributed by atoms with Gasteiger partial charge in [-0.2, -0.15) is 0 Å². The number of rotatable bonds is 2. The number of fused-ring (bicyclic) bond motifs is 5. The molecule has 4 rings (SSSR count). The van der Waals surface area contributed by atoms with Crippen LogP contribution < -0.4 is 0 Å². The number of hydrogen-bond donors (Lipinski definition) is 0. The summed E-state index contributed by atoms with van der Waals surface area (Å²) in [6.07, 6.45) is 9.37. The summed E-state index contributed by atoms with van der Waals surface area (Å²) in [5, 5.41) is 0. The Hall–Kier alpha value is -1.45. The summed E-state index contributed by atoms with van der Waals surface area (Å²) < 4.78 is 5.79. The van der Waals surface area contributed by atoms with Gasteiger partial charge in [0.1, 0.15) is 0 Å². The first-order valence-corrected chi connectivity index (χ1v) is 10.2. The van der Waals surface area contributed by atoms with Crippen LogP contribution in [0, 0.1) is 29.1 Å². The van der Waals surface area contributed by atoms with E-state index in [1.54, 1.807) is 6.92 Å². The van der Waals surface area contributed by atoms with E-state index in [0.29, 0.717) is 42.3 Å². The van der Waals surface area contributed by atoms with Gasteiger partial charge in [0.15, 0.2) is 17.2 Å². The molecule has 0 aliphatic heterocycles. The Kier molecular flexibility index (Phi) is 4.16. The standard InChI is InChI=1S/C22H30O4/c1-13(23)22(26-14(2)24)11-9-20-19-6-4-15-12-16(25)5-7-17(15)18(19)8-10-21(20,22)3/h12,17-20H,4-11H2,1-3H3/t17-,18+,19+,20+,21-,22-/m0/s1. The zero-order valence-electron chi connectivity index (χ0n) is 16.2. The topological polar surface area (TPSA) is 60.4 Å². The molecular formula is C22H30O4. The smallest absolute Gasteiger partial charge is 0.303 e. The second kappa shape index (κ2) is 6.03. The number of allylic oxidation sites excluding steroid dienone is 1. The van der Waals surface area contributed by atoms with Gasteiger partial charge in [0.05, 0.1) is 0 Å². The third kappa shape index (κ3) is 2.36. The molecule has 0 bridgehead atoms. The maximum absolute atomic E-state index is 12.7. The van der Waals surface area contributed by atoms with E-state index < -0.39 is 5.60 Å². The molecule has 0 saturated heterocycles. The van der Waals surface area contributed by atoms with E-state index in [9.17, 15) is 14.4 Å². The Labute approximate surface area is 155 Å². The Balaban J connectivity index is 1.66. The van der Waals surface area contributed by atoms with Crippen molar-refractivity contribution >= 4 is 17.5 Å². The molecule has 142 valence electrons. The van der Waals surface area contributed by atoms with Gasteiger partial charge in [-0.25, -0.2) is 0 Å². The van der Waals surface area contributed by atoms with Crippen LogP contribution in [0.3, 0.4) is 0 Å². The Morgan fingerprint density at radius 3 is 2.50 bits per heavy atom. The van der Waals surface area contributed by atoms with Crippen molar-refractivity contribution in [2.45, 2.75) is 77.7 Å². The van der Waals surface area contributed by atoms with Crippen molar-refractivity contribution in [2.75, 3.05) is 0 Å². The molecular weight excluding hydrogens is 328 g/mol. The van der Waals surface area contributed by atoms with Gasteiger partial charge in [0.2, 0.25) is 0 Å². The largest absolute Gasteiger partial charge is 0.451 e. The van der Waals surface area contributed by atoms with Crippen molar-refractivity contribution in [3.05, 3.63) is 11.6 Å². The number of ether oxygens (including phenoxy) is 1. The van der Waals surface area contributed by atoms with Crippen molar-refractivity contribution < 1.29 is 19.1 Å². The minimum absolute atomic E-state index is 0.0100. The molecule has 0 radical (unpaired) electrons. The molecule has 26 heavy (non-hydrogen) atoms. The number of carbonyl (C=O) groups is 3. The van der Waals surface area contributed by atoms with Crippen LogP contribution in [0.1, 0.15) is 72.1 Å². The van der Waals surface area contributed by atoms with E-state index in [0.717, 1.165) is 38.5 Å². The van der Waals surface area contributed by atoms with Gasteiger partial charge in [-0.3, -0.25) is 14.4 Å². The highest BCUT2D eigenvalue weighted by Gasteiger charge is 2.66.